The fourth-order valence-corrected chi connectivity index (χ4v) is 4.66. The molecule has 2 aromatic carbocycles. The average molecular weight is 523 g/mol. The molecule has 0 aliphatic rings. The monoisotopic (exact) mass is 522 g/mol. The number of hydrogen-bond acceptors (Lipinski definition) is 6. The van der Waals surface area contributed by atoms with Crippen LogP contribution >= 0.6 is 19.0 Å². The molecule has 8 nitrogen and oxygen atoms in total. The van der Waals surface area contributed by atoms with E-state index < -0.39 is 41.9 Å². The Morgan fingerprint density at radius 3 is 2.32 bits per heavy atom. The molecule has 0 saturated carbocycles. The molecule has 0 saturated heterocycles. The lowest BCUT2D eigenvalue weighted by atomic mass is 9.96. The first kappa shape index (κ1) is 27.6. The third-order valence-electron chi connectivity index (χ3n) is 4.60. The minimum Gasteiger partial charge on any atom is -0.456 e. The highest BCUT2D eigenvalue weighted by Gasteiger charge is 2.34. The summed E-state index contributed by atoms with van der Waals surface area (Å²) in [6.45, 7) is 6.05. The number of nitrogens with one attached hydrogen (secondary N) is 1. The van der Waals surface area contributed by atoms with Crippen LogP contribution < -0.4 is 15.4 Å². The van der Waals surface area contributed by atoms with Gasteiger partial charge in [0.2, 0.25) is 13.3 Å². The van der Waals surface area contributed by atoms with Crippen LogP contribution in [0.1, 0.15) is 33.3 Å². The molecule has 1 amide bonds. The van der Waals surface area contributed by atoms with E-state index in [2.05, 4.69) is 5.32 Å². The van der Waals surface area contributed by atoms with Crippen molar-refractivity contribution >= 4 is 35.9 Å². The number of nitro benzene ring substituents is 1. The molecule has 0 aromatic heterocycles. The number of alkyl halides is 3. The van der Waals surface area contributed by atoms with Crippen LogP contribution in [-0.4, -0.2) is 23.7 Å². The molecule has 0 radical (unpaired) electrons. The number of carbonyl (C=O) groups excluding carboxylic acids is 1. The van der Waals surface area contributed by atoms with Gasteiger partial charge < -0.3 is 14.6 Å². The number of halogens is 4. The van der Waals surface area contributed by atoms with Crippen LogP contribution in [0.15, 0.2) is 36.4 Å². The van der Waals surface area contributed by atoms with E-state index in [9.17, 15) is 32.6 Å². The first-order valence-electron chi connectivity index (χ1n) is 9.94. The minimum absolute atomic E-state index is 0.0572. The molecule has 2 rings (SSSR count). The summed E-state index contributed by atoms with van der Waals surface area (Å²) in [6, 6.07) is 5.80. The van der Waals surface area contributed by atoms with E-state index in [1.54, 1.807) is 20.8 Å². The maximum absolute atomic E-state index is 13.5. The molecule has 0 fully saturated rings. The predicted molar refractivity (Wildman–Crippen MR) is 121 cm³/mol. The van der Waals surface area contributed by atoms with Gasteiger partial charge in [-0.2, -0.15) is 13.2 Å². The lowest BCUT2D eigenvalue weighted by Crippen LogP contribution is -2.36. The Balaban J connectivity index is 2.37. The Kier molecular flexibility index (Phi) is 8.39. The largest absolute Gasteiger partial charge is 0.456 e. The van der Waals surface area contributed by atoms with E-state index in [0.29, 0.717) is 6.07 Å². The number of amides is 1. The fraction of sp³-hybridized carbons (Fsp3) is 0.381. The summed E-state index contributed by atoms with van der Waals surface area (Å²) in [7, 11) is -3.84. The van der Waals surface area contributed by atoms with Gasteiger partial charge in [0.15, 0.2) is 0 Å². The van der Waals surface area contributed by atoms with Gasteiger partial charge in [0, 0.05) is 23.7 Å². The number of nitro groups is 1. The van der Waals surface area contributed by atoms with Crippen molar-refractivity contribution in [2.75, 3.05) is 12.9 Å². The second-order valence-corrected chi connectivity index (χ2v) is 11.3. The molecule has 0 heterocycles. The van der Waals surface area contributed by atoms with E-state index in [1.807, 2.05) is 0 Å². The van der Waals surface area contributed by atoms with Crippen molar-refractivity contribution in [3.05, 3.63) is 57.1 Å². The Morgan fingerprint density at radius 2 is 1.82 bits per heavy atom. The zero-order chi connectivity index (χ0) is 25.9. The second-order valence-electron chi connectivity index (χ2n) is 8.17. The van der Waals surface area contributed by atoms with Gasteiger partial charge >= 0.3 is 6.18 Å². The van der Waals surface area contributed by atoms with Crippen molar-refractivity contribution in [2.24, 2.45) is 5.41 Å². The Hall–Kier alpha value is -2.62. The maximum Gasteiger partial charge on any atom is 0.416 e. The number of ether oxygens (including phenoxy) is 1. The van der Waals surface area contributed by atoms with Crippen molar-refractivity contribution < 1.29 is 36.7 Å². The van der Waals surface area contributed by atoms with Crippen molar-refractivity contribution in [3.8, 4) is 11.5 Å². The Labute approximate surface area is 199 Å². The topological polar surface area (TPSA) is 108 Å². The molecular weight excluding hydrogens is 500 g/mol. The van der Waals surface area contributed by atoms with Crippen molar-refractivity contribution in [1.82, 2.24) is 5.32 Å². The van der Waals surface area contributed by atoms with Crippen LogP contribution in [0.25, 0.3) is 0 Å². The van der Waals surface area contributed by atoms with E-state index in [1.165, 1.54) is 13.0 Å². The van der Waals surface area contributed by atoms with E-state index in [0.717, 1.165) is 24.3 Å². The SMILES string of the molecule is CCP(=O)(OCNC(=O)C(C)(C)C)c1cc(Oc2ccc(C(F)(F)F)cc2Cl)ccc1[N+](=O)[O-]. The van der Waals surface area contributed by atoms with E-state index in [4.69, 9.17) is 20.9 Å². The van der Waals surface area contributed by atoms with Gasteiger partial charge in [-0.05, 0) is 24.3 Å². The highest BCUT2D eigenvalue weighted by Crippen LogP contribution is 2.48. The van der Waals surface area contributed by atoms with Gasteiger partial charge in [-0.3, -0.25) is 19.5 Å². The zero-order valence-electron chi connectivity index (χ0n) is 18.7. The van der Waals surface area contributed by atoms with Gasteiger partial charge in [-0.15, -0.1) is 0 Å². The van der Waals surface area contributed by atoms with Crippen LogP contribution in [0.5, 0.6) is 11.5 Å². The Bertz CT molecular complexity index is 1130. The summed E-state index contributed by atoms with van der Waals surface area (Å²) in [6.07, 6.45) is -4.74. The smallest absolute Gasteiger partial charge is 0.416 e. The maximum atomic E-state index is 13.5. The van der Waals surface area contributed by atoms with Gasteiger partial charge in [0.1, 0.15) is 23.5 Å². The molecule has 186 valence electrons. The average Bonchev–Trinajstić information content (AvgIpc) is 2.73. The van der Waals surface area contributed by atoms with Crippen LogP contribution in [0.3, 0.4) is 0 Å². The van der Waals surface area contributed by atoms with E-state index in [-0.39, 0.29) is 33.9 Å². The van der Waals surface area contributed by atoms with Crippen molar-refractivity contribution in [1.29, 1.82) is 0 Å². The quantitative estimate of drug-likeness (QED) is 0.194. The summed E-state index contributed by atoms with van der Waals surface area (Å²) in [5.41, 5.74) is -2.21. The number of rotatable bonds is 8. The molecule has 0 aliphatic heterocycles. The molecule has 34 heavy (non-hydrogen) atoms. The van der Waals surface area contributed by atoms with Crippen LogP contribution in [-0.2, 0) is 20.1 Å². The lowest BCUT2D eigenvalue weighted by Gasteiger charge is -2.21. The van der Waals surface area contributed by atoms with Gasteiger partial charge in [-0.25, -0.2) is 0 Å². The van der Waals surface area contributed by atoms with Crippen LogP contribution in [0, 0.1) is 15.5 Å². The first-order valence-corrected chi connectivity index (χ1v) is 12.1. The van der Waals surface area contributed by atoms with Gasteiger partial charge in [0.25, 0.3) is 5.69 Å². The third kappa shape index (κ3) is 6.71. The van der Waals surface area contributed by atoms with Crippen LogP contribution in [0.4, 0.5) is 18.9 Å². The summed E-state index contributed by atoms with van der Waals surface area (Å²) in [5.74, 6) is -0.573. The molecule has 2 aromatic rings. The molecular formula is C21H23ClF3N2O6P. The molecule has 13 heteroatoms. The van der Waals surface area contributed by atoms with Gasteiger partial charge in [0.05, 0.1) is 15.5 Å². The van der Waals surface area contributed by atoms with Crippen LogP contribution in [0.2, 0.25) is 5.02 Å². The molecule has 0 bridgehead atoms. The Morgan fingerprint density at radius 1 is 1.18 bits per heavy atom. The number of nitrogens with zero attached hydrogens (tertiary/aromatic N) is 1. The molecule has 0 aliphatic carbocycles. The molecule has 1 N–H and O–H groups in total. The minimum atomic E-state index is -4.60. The number of benzene rings is 2. The van der Waals surface area contributed by atoms with E-state index >= 15 is 0 Å². The number of hydrogen-bond donors (Lipinski definition) is 1. The zero-order valence-corrected chi connectivity index (χ0v) is 20.4. The normalized spacial score (nSPS) is 13.8. The number of carbonyl (C=O) groups is 1. The highest BCUT2D eigenvalue weighted by molar-refractivity contribution is 7.67. The molecule has 1 unspecified atom stereocenters. The second kappa shape index (κ2) is 10.3. The summed E-state index contributed by atoms with van der Waals surface area (Å²) in [5, 5.41) is 13.4. The highest BCUT2D eigenvalue weighted by atomic mass is 35.5. The van der Waals surface area contributed by atoms with Crippen molar-refractivity contribution in [2.45, 2.75) is 33.9 Å². The summed E-state index contributed by atoms with van der Waals surface area (Å²) < 4.78 is 63.0. The fourth-order valence-electron chi connectivity index (χ4n) is 2.68. The standard InChI is InChI=1S/C21H23ClF3N2O6P/c1-5-34(31,32-12-26-19(28)20(2,3)4)18-11-14(7-8-16(18)27(29)30)33-17-9-6-13(10-15(17)22)21(23,24)25/h6-11H,5,12H2,1-4H3,(H,26,28). The molecule has 1 atom stereocenters. The van der Waals surface area contributed by atoms with Crippen molar-refractivity contribution in [3.63, 3.8) is 0 Å². The first-order chi connectivity index (χ1) is 15.6. The van der Waals surface area contributed by atoms with Gasteiger partial charge in [-0.1, -0.05) is 39.3 Å². The molecule has 0 spiro atoms. The third-order valence-corrected chi connectivity index (χ3v) is 7.37. The summed E-state index contributed by atoms with van der Waals surface area (Å²) >= 11 is 5.91. The lowest BCUT2D eigenvalue weighted by molar-refractivity contribution is -0.383. The predicted octanol–water partition coefficient (Wildman–Crippen LogP) is 6.12. The summed E-state index contributed by atoms with van der Waals surface area (Å²) in [4.78, 5) is 22.8.